The van der Waals surface area contributed by atoms with Gasteiger partial charge in [-0.05, 0) is 0 Å². The average molecular weight is 329 g/mol. The van der Waals surface area contributed by atoms with Crippen LogP contribution in [0.4, 0.5) is 10.2 Å². The molecular formula is C11H13FN5O4P. The fourth-order valence-corrected chi connectivity index (χ4v) is 2.72. The summed E-state index contributed by atoms with van der Waals surface area (Å²) in [5.41, 5.74) is 6.34. The molecule has 0 radical (unpaired) electrons. The zero-order valence-corrected chi connectivity index (χ0v) is 12.0. The normalized spacial score (nSPS) is 26.2. The number of imidazole rings is 1. The predicted molar refractivity (Wildman–Crippen MR) is 74.3 cm³/mol. The number of hydrogen-bond donors (Lipinski definition) is 3. The van der Waals surface area contributed by atoms with Crippen LogP contribution < -0.4 is 5.73 Å². The molecule has 0 aromatic carbocycles. The third-order valence-electron chi connectivity index (χ3n) is 3.33. The molecule has 3 rings (SSSR count). The van der Waals surface area contributed by atoms with Gasteiger partial charge in [0.1, 0.15) is 11.8 Å². The molecule has 0 amide bonds. The van der Waals surface area contributed by atoms with Crippen LogP contribution in [0.25, 0.3) is 11.2 Å². The van der Waals surface area contributed by atoms with Gasteiger partial charge in [-0.3, -0.25) is 9.13 Å². The third-order valence-corrected chi connectivity index (χ3v) is 3.89. The maximum atomic E-state index is 14.5. The molecule has 0 unspecified atom stereocenters. The van der Waals surface area contributed by atoms with Gasteiger partial charge in [-0.1, -0.05) is 6.08 Å². The van der Waals surface area contributed by atoms with E-state index in [2.05, 4.69) is 15.0 Å². The molecule has 1 aliphatic heterocycles. The molecule has 2 aromatic heterocycles. The van der Waals surface area contributed by atoms with Gasteiger partial charge in [-0.2, -0.15) is 0 Å². The standard InChI is InChI=1S/C11H13FN5O4P/c12-7-6(1-2-22(18,19)20)3-21-11(7)17-5-16-8-9(13)14-4-15-10(8)17/h1-2,4-7,11H,3H2,(H2,13,14,15)(H2,18,19,20)/b2-1+/t6-,7+,11+/m0/s1. The van der Waals surface area contributed by atoms with Crippen molar-refractivity contribution < 1.29 is 23.5 Å². The van der Waals surface area contributed by atoms with Crippen LogP contribution in [-0.2, 0) is 9.30 Å². The lowest BCUT2D eigenvalue weighted by molar-refractivity contribution is 0.0242. The van der Waals surface area contributed by atoms with E-state index in [1.54, 1.807) is 0 Å². The van der Waals surface area contributed by atoms with E-state index in [-0.39, 0.29) is 12.4 Å². The van der Waals surface area contributed by atoms with Crippen LogP contribution in [0, 0.1) is 5.92 Å². The second-order valence-corrected chi connectivity index (χ2v) is 6.32. The molecule has 2 aromatic rings. The summed E-state index contributed by atoms with van der Waals surface area (Å²) in [6.45, 7) is -0.0113. The minimum absolute atomic E-state index is 0.0113. The van der Waals surface area contributed by atoms with Crippen molar-refractivity contribution in [1.82, 2.24) is 19.5 Å². The maximum Gasteiger partial charge on any atom is 0.348 e. The Morgan fingerprint density at radius 2 is 2.23 bits per heavy atom. The van der Waals surface area contributed by atoms with Crippen LogP contribution in [0.3, 0.4) is 0 Å². The minimum Gasteiger partial charge on any atom is -0.382 e. The Bertz CT molecular complexity index is 775. The van der Waals surface area contributed by atoms with E-state index in [1.165, 1.54) is 17.2 Å². The molecule has 1 aliphatic rings. The van der Waals surface area contributed by atoms with Crippen LogP contribution in [0.5, 0.6) is 0 Å². The monoisotopic (exact) mass is 329 g/mol. The van der Waals surface area contributed by atoms with E-state index in [0.29, 0.717) is 17.0 Å². The number of hydrogen-bond acceptors (Lipinski definition) is 6. The smallest absolute Gasteiger partial charge is 0.348 e. The molecular weight excluding hydrogens is 316 g/mol. The predicted octanol–water partition coefficient (Wildman–Crippen LogP) is 0.583. The van der Waals surface area contributed by atoms with Gasteiger partial charge in [0.2, 0.25) is 0 Å². The Morgan fingerprint density at radius 3 is 2.95 bits per heavy atom. The molecule has 1 saturated heterocycles. The van der Waals surface area contributed by atoms with Crippen LogP contribution in [0.2, 0.25) is 0 Å². The number of anilines is 1. The average Bonchev–Trinajstić information content (AvgIpc) is 3.00. The van der Waals surface area contributed by atoms with Crippen molar-refractivity contribution in [2.75, 3.05) is 12.3 Å². The summed E-state index contributed by atoms with van der Waals surface area (Å²) in [6.07, 6.45) is 1.22. The summed E-state index contributed by atoms with van der Waals surface area (Å²) in [4.78, 5) is 29.4. The molecule has 4 N–H and O–H groups in total. The van der Waals surface area contributed by atoms with Crippen molar-refractivity contribution in [3.63, 3.8) is 0 Å². The first kappa shape index (κ1) is 15.0. The minimum atomic E-state index is -4.33. The van der Waals surface area contributed by atoms with Crippen molar-refractivity contribution in [3.8, 4) is 0 Å². The number of rotatable bonds is 3. The van der Waals surface area contributed by atoms with E-state index in [1.807, 2.05) is 0 Å². The number of alkyl halides is 1. The summed E-state index contributed by atoms with van der Waals surface area (Å²) < 4.78 is 32.1. The van der Waals surface area contributed by atoms with Crippen LogP contribution >= 0.6 is 7.60 Å². The quantitative estimate of drug-likeness (QED) is 0.696. The lowest BCUT2D eigenvalue weighted by Crippen LogP contribution is -2.19. The van der Waals surface area contributed by atoms with Crippen molar-refractivity contribution in [3.05, 3.63) is 24.5 Å². The summed E-state index contributed by atoms with van der Waals surface area (Å²) in [6, 6.07) is 0. The fourth-order valence-electron chi connectivity index (χ4n) is 2.28. The Balaban J connectivity index is 1.88. The molecule has 3 heterocycles. The van der Waals surface area contributed by atoms with E-state index in [4.69, 9.17) is 20.3 Å². The van der Waals surface area contributed by atoms with Gasteiger partial charge in [0.15, 0.2) is 23.9 Å². The van der Waals surface area contributed by atoms with Crippen LogP contribution in [-0.4, -0.2) is 42.1 Å². The highest BCUT2D eigenvalue weighted by atomic mass is 31.2. The number of ether oxygens (including phenoxy) is 1. The van der Waals surface area contributed by atoms with E-state index in [0.717, 1.165) is 6.08 Å². The SMILES string of the molecule is Nc1ncnc2c1ncn2[C@@H]1OC[C@H](/C=C/P(=O)(O)O)[C@H]1F. The first-order valence-corrected chi connectivity index (χ1v) is 7.98. The Labute approximate surface area is 123 Å². The molecule has 3 atom stereocenters. The molecule has 11 heteroatoms. The zero-order valence-electron chi connectivity index (χ0n) is 11.2. The number of nitrogens with two attached hydrogens (primary N) is 1. The highest BCUT2D eigenvalue weighted by molar-refractivity contribution is 7.55. The van der Waals surface area contributed by atoms with Crippen LogP contribution in [0.1, 0.15) is 6.23 Å². The van der Waals surface area contributed by atoms with E-state index >= 15 is 0 Å². The zero-order chi connectivity index (χ0) is 15.9. The van der Waals surface area contributed by atoms with Crippen molar-refractivity contribution >= 4 is 24.6 Å². The second-order valence-electron chi connectivity index (χ2n) is 4.85. The van der Waals surface area contributed by atoms with Crippen molar-refractivity contribution in [2.24, 2.45) is 5.92 Å². The molecule has 0 aliphatic carbocycles. The van der Waals surface area contributed by atoms with Crippen molar-refractivity contribution in [2.45, 2.75) is 12.4 Å². The first-order valence-electron chi connectivity index (χ1n) is 6.30. The molecule has 9 nitrogen and oxygen atoms in total. The highest BCUT2D eigenvalue weighted by Gasteiger charge is 2.38. The first-order chi connectivity index (χ1) is 10.4. The molecule has 0 saturated carbocycles. The van der Waals surface area contributed by atoms with Gasteiger partial charge in [0, 0.05) is 11.7 Å². The Morgan fingerprint density at radius 1 is 1.45 bits per heavy atom. The summed E-state index contributed by atoms with van der Waals surface area (Å²) in [5, 5.41) is 0. The van der Waals surface area contributed by atoms with Gasteiger partial charge in [-0.15, -0.1) is 0 Å². The van der Waals surface area contributed by atoms with Crippen molar-refractivity contribution in [1.29, 1.82) is 0 Å². The van der Waals surface area contributed by atoms with E-state index < -0.39 is 25.9 Å². The van der Waals surface area contributed by atoms with E-state index in [9.17, 15) is 8.96 Å². The van der Waals surface area contributed by atoms with Gasteiger partial charge >= 0.3 is 7.60 Å². The molecule has 22 heavy (non-hydrogen) atoms. The largest absolute Gasteiger partial charge is 0.382 e. The number of nitrogen functional groups attached to an aromatic ring is 1. The molecule has 1 fully saturated rings. The number of nitrogens with zero attached hydrogens (tertiary/aromatic N) is 4. The highest BCUT2D eigenvalue weighted by Crippen LogP contribution is 2.39. The summed E-state index contributed by atoms with van der Waals surface area (Å²) >= 11 is 0. The van der Waals surface area contributed by atoms with Gasteiger partial charge < -0.3 is 20.3 Å². The van der Waals surface area contributed by atoms with Gasteiger partial charge in [0.05, 0.1) is 12.9 Å². The summed E-state index contributed by atoms with van der Waals surface area (Å²) in [5.74, 6) is 0.0895. The number of halogens is 1. The molecule has 118 valence electrons. The maximum absolute atomic E-state index is 14.5. The molecule has 0 bridgehead atoms. The number of fused-ring (bicyclic) bond motifs is 1. The topological polar surface area (TPSA) is 136 Å². The Kier molecular flexibility index (Phi) is 3.69. The third kappa shape index (κ3) is 2.73. The lowest BCUT2D eigenvalue weighted by Gasteiger charge is -2.15. The number of aromatic nitrogens is 4. The molecule has 0 spiro atoms. The second kappa shape index (κ2) is 5.40. The lowest BCUT2D eigenvalue weighted by atomic mass is 10.1. The fraction of sp³-hybridized carbons (Fsp3) is 0.364. The van der Waals surface area contributed by atoms with Gasteiger partial charge in [-0.25, -0.2) is 19.3 Å². The van der Waals surface area contributed by atoms with Gasteiger partial charge in [0.25, 0.3) is 0 Å². The Hall–Kier alpha value is -1.87. The van der Waals surface area contributed by atoms with Crippen LogP contribution in [0.15, 0.2) is 24.5 Å². The summed E-state index contributed by atoms with van der Waals surface area (Å²) in [7, 11) is -4.33.